The average molecular weight is 510 g/mol. The normalized spacial score (nSPS) is 13.7. The first kappa shape index (κ1) is 23.4. The standard InChI is InChI=1S/C29H24FN5O3/c1-34-14-12-22(33-29(37)31-18-4-3-5-20(16-18)38-2)21-10-11-24-25-23(32-28(36)26(25)27(21)34)13-15-35(24)19-8-6-17(30)7-9-19/h3-14,16H,15H2,1-2H3,(H,32,36)(H2,31,33,37). The summed E-state index contributed by atoms with van der Waals surface area (Å²) in [5, 5.41) is 7.18. The topological polar surface area (TPSA) is 89.7 Å². The number of nitrogens with zero attached hydrogens (tertiary/aromatic N) is 2. The molecule has 0 unspecified atom stereocenters. The van der Waals surface area contributed by atoms with Gasteiger partial charge in [-0.05, 0) is 60.7 Å². The minimum Gasteiger partial charge on any atom is -0.497 e. The number of rotatable bonds is 4. The molecule has 0 radical (unpaired) electrons. The van der Waals surface area contributed by atoms with Crippen LogP contribution in [0.2, 0.25) is 0 Å². The summed E-state index contributed by atoms with van der Waals surface area (Å²) in [5.74, 6) is 0.310. The molecule has 0 saturated carbocycles. The van der Waals surface area contributed by atoms with Crippen molar-refractivity contribution in [3.05, 3.63) is 99.7 Å². The number of aromatic nitrogens is 1. The molecule has 3 aliphatic heterocycles. The van der Waals surface area contributed by atoms with Crippen molar-refractivity contribution in [2.75, 3.05) is 35.8 Å². The molecule has 2 aromatic carbocycles. The van der Waals surface area contributed by atoms with Gasteiger partial charge in [-0.15, -0.1) is 0 Å². The van der Waals surface area contributed by atoms with E-state index in [-0.39, 0.29) is 11.4 Å². The van der Waals surface area contributed by atoms with Gasteiger partial charge >= 0.3 is 6.03 Å². The van der Waals surface area contributed by atoms with Crippen LogP contribution < -0.4 is 41.3 Å². The van der Waals surface area contributed by atoms with E-state index in [9.17, 15) is 14.0 Å². The highest BCUT2D eigenvalue weighted by atomic mass is 19.1. The molecule has 0 bridgehead atoms. The molecule has 0 aromatic heterocycles. The summed E-state index contributed by atoms with van der Waals surface area (Å²) in [7, 11) is 3.42. The van der Waals surface area contributed by atoms with E-state index >= 15 is 0 Å². The summed E-state index contributed by atoms with van der Waals surface area (Å²) in [6.07, 6.45) is 5.55. The van der Waals surface area contributed by atoms with Gasteiger partial charge in [0.15, 0.2) is 0 Å². The second-order valence-electron chi connectivity index (χ2n) is 9.04. The molecule has 190 valence electrons. The zero-order chi connectivity index (χ0) is 26.4. The predicted molar refractivity (Wildman–Crippen MR) is 147 cm³/mol. The van der Waals surface area contributed by atoms with Crippen molar-refractivity contribution in [1.29, 1.82) is 0 Å². The Kier molecular flexibility index (Phi) is 5.60. The van der Waals surface area contributed by atoms with Crippen LogP contribution in [0.25, 0.3) is 22.9 Å². The van der Waals surface area contributed by atoms with E-state index in [0.717, 1.165) is 22.3 Å². The van der Waals surface area contributed by atoms with Gasteiger partial charge in [-0.25, -0.2) is 9.18 Å². The lowest BCUT2D eigenvalue weighted by Gasteiger charge is -2.27. The Balaban J connectivity index is 1.48. The summed E-state index contributed by atoms with van der Waals surface area (Å²) in [6.45, 7) is 0.508. The van der Waals surface area contributed by atoms with Crippen molar-refractivity contribution < 1.29 is 13.9 Å². The number of aromatic amines is 1. The van der Waals surface area contributed by atoms with Crippen LogP contribution in [0, 0.1) is 5.82 Å². The fourth-order valence-corrected chi connectivity index (χ4v) is 5.00. The summed E-state index contributed by atoms with van der Waals surface area (Å²) in [4.78, 5) is 33.1. The number of urea groups is 1. The third kappa shape index (κ3) is 3.94. The lowest BCUT2D eigenvalue weighted by atomic mass is 10.0. The van der Waals surface area contributed by atoms with Gasteiger partial charge in [-0.3, -0.25) is 4.79 Å². The van der Waals surface area contributed by atoms with E-state index < -0.39 is 6.03 Å². The van der Waals surface area contributed by atoms with Gasteiger partial charge in [0.1, 0.15) is 11.6 Å². The van der Waals surface area contributed by atoms with E-state index in [2.05, 4.69) is 15.6 Å². The highest BCUT2D eigenvalue weighted by Crippen LogP contribution is 2.37. The quantitative estimate of drug-likeness (QED) is 0.392. The highest BCUT2D eigenvalue weighted by molar-refractivity contribution is 5.98. The maximum atomic E-state index is 13.6. The fraction of sp³-hybridized carbons (Fsp3) is 0.103. The molecule has 3 N–H and O–H groups in total. The van der Waals surface area contributed by atoms with E-state index in [4.69, 9.17) is 4.74 Å². The van der Waals surface area contributed by atoms with Crippen LogP contribution in [0.1, 0.15) is 0 Å². The van der Waals surface area contributed by atoms with E-state index in [1.165, 1.54) is 12.1 Å². The van der Waals surface area contributed by atoms with Crippen molar-refractivity contribution >= 4 is 40.6 Å². The largest absolute Gasteiger partial charge is 0.497 e. The van der Waals surface area contributed by atoms with Gasteiger partial charge < -0.3 is 30.2 Å². The Morgan fingerprint density at radius 2 is 1.87 bits per heavy atom. The molecule has 8 nitrogen and oxygen atoms in total. The van der Waals surface area contributed by atoms with Crippen LogP contribution in [-0.2, 0) is 0 Å². The molecule has 38 heavy (non-hydrogen) atoms. The molecule has 0 saturated heterocycles. The minimum atomic E-state index is -0.431. The van der Waals surface area contributed by atoms with Crippen molar-refractivity contribution in [2.45, 2.75) is 0 Å². The number of hydrogen-bond donors (Lipinski definition) is 3. The van der Waals surface area contributed by atoms with Crippen LogP contribution in [0.5, 0.6) is 5.75 Å². The molecule has 1 aliphatic carbocycles. The zero-order valence-corrected chi connectivity index (χ0v) is 20.7. The van der Waals surface area contributed by atoms with Crippen LogP contribution in [0.15, 0.2) is 77.7 Å². The number of halogens is 1. The maximum Gasteiger partial charge on any atom is 0.323 e. The number of anilines is 4. The predicted octanol–water partition coefficient (Wildman–Crippen LogP) is 3.45. The molecule has 0 spiro atoms. The zero-order valence-electron chi connectivity index (χ0n) is 20.7. The molecule has 0 fully saturated rings. The summed E-state index contributed by atoms with van der Waals surface area (Å²) in [6, 6.07) is 16.7. The second-order valence-corrected chi connectivity index (χ2v) is 9.04. The highest BCUT2D eigenvalue weighted by Gasteiger charge is 2.28. The number of H-pyrrole nitrogens is 1. The first-order valence-corrected chi connectivity index (χ1v) is 12.0. The number of hydrogen-bond acceptors (Lipinski definition) is 5. The number of fused-ring (bicyclic) bond motifs is 2. The third-order valence-corrected chi connectivity index (χ3v) is 6.74. The number of ether oxygens (including phenoxy) is 1. The maximum absolute atomic E-state index is 13.6. The fourth-order valence-electron chi connectivity index (χ4n) is 5.00. The lowest BCUT2D eigenvalue weighted by molar-refractivity contribution is 0.255. The smallest absolute Gasteiger partial charge is 0.323 e. The Morgan fingerprint density at radius 3 is 2.66 bits per heavy atom. The first-order valence-electron chi connectivity index (χ1n) is 12.0. The first-order chi connectivity index (χ1) is 18.4. The number of benzene rings is 2. The van der Waals surface area contributed by atoms with Gasteiger partial charge in [-0.2, -0.15) is 0 Å². The van der Waals surface area contributed by atoms with Crippen LogP contribution in [0.3, 0.4) is 0 Å². The van der Waals surface area contributed by atoms with E-state index in [1.54, 1.807) is 49.6 Å². The Hall–Kier alpha value is -5.05. The van der Waals surface area contributed by atoms with Gasteiger partial charge in [-0.1, -0.05) is 6.07 Å². The monoisotopic (exact) mass is 509 g/mol. The molecule has 9 heteroatoms. The van der Waals surface area contributed by atoms with Gasteiger partial charge in [0, 0.05) is 53.4 Å². The van der Waals surface area contributed by atoms with E-state index in [1.807, 2.05) is 41.3 Å². The molecular weight excluding hydrogens is 485 g/mol. The number of nitrogens with one attached hydrogen (secondary N) is 3. The van der Waals surface area contributed by atoms with Crippen molar-refractivity contribution in [3.8, 4) is 16.9 Å². The van der Waals surface area contributed by atoms with Gasteiger partial charge in [0.25, 0.3) is 5.56 Å². The molecule has 2 aromatic rings. The molecule has 2 amide bonds. The molecule has 6 rings (SSSR count). The van der Waals surface area contributed by atoms with Crippen LogP contribution in [0.4, 0.5) is 31.9 Å². The van der Waals surface area contributed by atoms with Crippen molar-refractivity contribution in [2.24, 2.45) is 0 Å². The van der Waals surface area contributed by atoms with Gasteiger partial charge in [0.2, 0.25) is 0 Å². The third-order valence-electron chi connectivity index (χ3n) is 6.74. The number of amides is 2. The Morgan fingerprint density at radius 1 is 1.05 bits per heavy atom. The van der Waals surface area contributed by atoms with Crippen LogP contribution >= 0.6 is 0 Å². The Labute approximate surface area is 217 Å². The molecule has 0 atom stereocenters. The Bertz CT molecular complexity index is 1760. The van der Waals surface area contributed by atoms with E-state index in [0.29, 0.717) is 40.1 Å². The summed E-state index contributed by atoms with van der Waals surface area (Å²) in [5.41, 5.74) is 4.48. The van der Waals surface area contributed by atoms with Crippen LogP contribution in [-0.4, -0.2) is 31.7 Å². The minimum absolute atomic E-state index is 0.219. The summed E-state index contributed by atoms with van der Waals surface area (Å²) >= 11 is 0. The lowest BCUT2D eigenvalue weighted by Crippen LogP contribution is -2.34. The molecule has 4 aliphatic rings. The number of methoxy groups -OCH3 is 1. The second kappa shape index (κ2) is 9.11. The number of carbonyl (C=O) groups is 1. The number of carbonyl (C=O) groups excluding carboxylic acids is 1. The average Bonchev–Trinajstić information content (AvgIpc) is 3.12. The molecular formula is C29H24FN5O3. The summed E-state index contributed by atoms with van der Waals surface area (Å²) < 4.78 is 18.9. The van der Waals surface area contributed by atoms with Gasteiger partial charge in [0.05, 0.1) is 29.7 Å². The van der Waals surface area contributed by atoms with Crippen molar-refractivity contribution in [1.82, 2.24) is 10.3 Å². The SMILES string of the molecule is COc1cccc(NC(=O)NC2=c3ccc4c5c([nH]c(=O)c-5c3N(C)C=C2)=CCN4c2ccc(F)cc2)c1. The molecule has 3 heterocycles. The van der Waals surface area contributed by atoms with Crippen molar-refractivity contribution in [3.63, 3.8) is 0 Å².